The summed E-state index contributed by atoms with van der Waals surface area (Å²) in [5.41, 5.74) is 3.76. The second-order valence-corrected chi connectivity index (χ2v) is 9.21. The van der Waals surface area contributed by atoms with Gasteiger partial charge in [-0.15, -0.1) is 0 Å². The van der Waals surface area contributed by atoms with Gasteiger partial charge >= 0.3 is 6.09 Å². The second-order valence-electron chi connectivity index (χ2n) is 9.21. The molecule has 1 aliphatic heterocycles. The highest BCUT2D eigenvalue weighted by Gasteiger charge is 2.42. The first kappa shape index (κ1) is 25.4. The minimum Gasteiger partial charge on any atom is -0.457 e. The number of carbonyl (C=O) groups is 3. The summed E-state index contributed by atoms with van der Waals surface area (Å²) >= 11 is 0. The molecule has 0 bridgehead atoms. The minimum absolute atomic E-state index is 0.0773. The molecule has 0 unspecified atom stereocenters. The van der Waals surface area contributed by atoms with Gasteiger partial charge < -0.3 is 14.3 Å². The quantitative estimate of drug-likeness (QED) is 0.245. The average molecular weight is 490 g/mol. The molecule has 0 saturated carbocycles. The average Bonchev–Trinajstić information content (AvgIpc) is 3.47. The fourth-order valence-electron chi connectivity index (χ4n) is 4.49. The molecule has 4 rings (SSSR count). The molecule has 2 aromatic carbocycles. The highest BCUT2D eigenvalue weighted by atomic mass is 16.6. The summed E-state index contributed by atoms with van der Waals surface area (Å²) in [6.07, 6.45) is 1.59. The van der Waals surface area contributed by atoms with E-state index in [1.165, 1.54) is 6.92 Å². The summed E-state index contributed by atoms with van der Waals surface area (Å²) in [6.45, 7) is 3.65. The van der Waals surface area contributed by atoms with Crippen LogP contribution in [-0.2, 0) is 22.4 Å². The SMILES string of the molecule is Cc1cccc(-c2cc(C(=O)[C@@H](C)C(=O)N3C(=O)OC[C@H]3Cc3ccccc3)oc2CCCCO)c1. The number of furan rings is 1. The number of aryl methyl sites for hydroxylation is 2. The topological polar surface area (TPSA) is 97.1 Å². The van der Waals surface area contributed by atoms with Gasteiger partial charge in [0.05, 0.1) is 6.04 Å². The minimum atomic E-state index is -1.12. The molecule has 188 valence electrons. The number of aliphatic hydroxyl groups excluding tert-OH is 1. The molecule has 0 aliphatic carbocycles. The van der Waals surface area contributed by atoms with E-state index in [9.17, 15) is 14.4 Å². The zero-order valence-corrected chi connectivity index (χ0v) is 20.6. The van der Waals surface area contributed by atoms with E-state index in [0.717, 1.165) is 27.2 Å². The molecule has 1 saturated heterocycles. The van der Waals surface area contributed by atoms with Gasteiger partial charge in [0.25, 0.3) is 0 Å². The summed E-state index contributed by atoms with van der Waals surface area (Å²) < 4.78 is 11.1. The monoisotopic (exact) mass is 489 g/mol. The molecule has 36 heavy (non-hydrogen) atoms. The van der Waals surface area contributed by atoms with E-state index in [1.807, 2.05) is 61.5 Å². The zero-order valence-electron chi connectivity index (χ0n) is 20.6. The fourth-order valence-corrected chi connectivity index (χ4v) is 4.49. The molecule has 2 heterocycles. The van der Waals surface area contributed by atoms with E-state index in [1.54, 1.807) is 6.07 Å². The van der Waals surface area contributed by atoms with Gasteiger partial charge in [-0.1, -0.05) is 60.2 Å². The molecule has 7 nitrogen and oxygen atoms in total. The Labute approximate surface area is 210 Å². The number of ether oxygens (including phenoxy) is 1. The number of unbranched alkanes of at least 4 members (excludes halogenated alkanes) is 1. The molecular formula is C29H31NO6. The van der Waals surface area contributed by atoms with Gasteiger partial charge in [0.15, 0.2) is 5.76 Å². The van der Waals surface area contributed by atoms with Gasteiger partial charge in [-0.05, 0) is 50.3 Å². The fraction of sp³-hybridized carbons (Fsp3) is 0.345. The molecule has 0 spiro atoms. The maximum absolute atomic E-state index is 13.4. The Kier molecular flexibility index (Phi) is 8.00. The van der Waals surface area contributed by atoms with Crippen LogP contribution in [-0.4, -0.2) is 47.0 Å². The van der Waals surface area contributed by atoms with E-state index in [0.29, 0.717) is 31.4 Å². The van der Waals surface area contributed by atoms with Crippen LogP contribution < -0.4 is 0 Å². The lowest BCUT2D eigenvalue weighted by Gasteiger charge is -2.22. The van der Waals surface area contributed by atoms with Crippen molar-refractivity contribution in [1.82, 2.24) is 4.90 Å². The first-order chi connectivity index (χ1) is 17.4. The maximum atomic E-state index is 13.4. The first-order valence-electron chi connectivity index (χ1n) is 12.3. The molecule has 2 atom stereocenters. The largest absolute Gasteiger partial charge is 0.457 e. The predicted molar refractivity (Wildman–Crippen MR) is 135 cm³/mol. The highest BCUT2D eigenvalue weighted by Crippen LogP contribution is 2.31. The van der Waals surface area contributed by atoms with E-state index in [4.69, 9.17) is 14.3 Å². The Bertz CT molecular complexity index is 1230. The number of nitrogens with zero attached hydrogens (tertiary/aromatic N) is 1. The number of Topliss-reactive ketones (excluding diaryl/α,β-unsaturated/α-hetero) is 1. The Morgan fingerprint density at radius 3 is 2.58 bits per heavy atom. The number of rotatable bonds is 10. The van der Waals surface area contributed by atoms with Crippen LogP contribution >= 0.6 is 0 Å². The standard InChI is InChI=1S/C29H31NO6/c1-19-9-8-12-22(15-19)24-17-26(36-25(24)13-6-7-14-31)27(32)20(2)28(33)30-23(18-35-29(30)34)16-21-10-4-3-5-11-21/h3-5,8-12,15,17,20,23,31H,6-7,13-14,16,18H2,1-2H3/t20-,23-/m1/s1. The van der Waals surface area contributed by atoms with Crippen molar-refractivity contribution >= 4 is 17.8 Å². The number of benzene rings is 2. The lowest BCUT2D eigenvalue weighted by atomic mass is 9.98. The van der Waals surface area contributed by atoms with Gasteiger partial charge in [-0.2, -0.15) is 0 Å². The third-order valence-electron chi connectivity index (χ3n) is 6.47. The number of hydrogen-bond acceptors (Lipinski definition) is 6. The summed E-state index contributed by atoms with van der Waals surface area (Å²) in [7, 11) is 0. The Morgan fingerprint density at radius 1 is 1.08 bits per heavy atom. The Hall–Kier alpha value is -3.71. The molecule has 1 fully saturated rings. The summed E-state index contributed by atoms with van der Waals surface area (Å²) in [5.74, 6) is -1.48. The molecule has 0 radical (unpaired) electrons. The van der Waals surface area contributed by atoms with Crippen LogP contribution in [0.25, 0.3) is 11.1 Å². The van der Waals surface area contributed by atoms with Crippen LogP contribution in [0.1, 0.15) is 47.2 Å². The van der Waals surface area contributed by atoms with Crippen molar-refractivity contribution in [2.24, 2.45) is 5.92 Å². The Balaban J connectivity index is 1.56. The van der Waals surface area contributed by atoms with E-state index < -0.39 is 29.7 Å². The summed E-state index contributed by atoms with van der Waals surface area (Å²) in [4.78, 5) is 40.2. The van der Waals surface area contributed by atoms with Gasteiger partial charge in [0.2, 0.25) is 11.7 Å². The van der Waals surface area contributed by atoms with Crippen LogP contribution in [0.2, 0.25) is 0 Å². The van der Waals surface area contributed by atoms with Gasteiger partial charge in [0, 0.05) is 18.6 Å². The third kappa shape index (κ3) is 5.57. The van der Waals surface area contributed by atoms with Crippen molar-refractivity contribution in [3.8, 4) is 11.1 Å². The van der Waals surface area contributed by atoms with Crippen LogP contribution in [0.5, 0.6) is 0 Å². The van der Waals surface area contributed by atoms with Crippen LogP contribution in [0.15, 0.2) is 65.1 Å². The van der Waals surface area contributed by atoms with Gasteiger partial charge in [-0.3, -0.25) is 9.59 Å². The molecule has 1 N–H and O–H groups in total. The lowest BCUT2D eigenvalue weighted by Crippen LogP contribution is -2.44. The van der Waals surface area contributed by atoms with Gasteiger partial charge in [0.1, 0.15) is 18.3 Å². The van der Waals surface area contributed by atoms with Crippen molar-refractivity contribution < 1.29 is 28.6 Å². The van der Waals surface area contributed by atoms with Crippen LogP contribution in [0, 0.1) is 12.8 Å². The van der Waals surface area contributed by atoms with Crippen LogP contribution in [0.3, 0.4) is 0 Å². The molecule has 3 aromatic rings. The van der Waals surface area contributed by atoms with Crippen molar-refractivity contribution in [3.05, 3.63) is 83.3 Å². The zero-order chi connectivity index (χ0) is 25.7. The normalized spacial score (nSPS) is 16.1. The highest BCUT2D eigenvalue weighted by molar-refractivity contribution is 6.12. The van der Waals surface area contributed by atoms with Crippen molar-refractivity contribution in [1.29, 1.82) is 0 Å². The van der Waals surface area contributed by atoms with Crippen LogP contribution in [0.4, 0.5) is 4.79 Å². The molecule has 7 heteroatoms. The summed E-state index contributed by atoms with van der Waals surface area (Å²) in [6, 6.07) is 18.6. The van der Waals surface area contributed by atoms with Gasteiger partial charge in [-0.25, -0.2) is 9.69 Å². The van der Waals surface area contributed by atoms with E-state index >= 15 is 0 Å². The molecule has 1 aliphatic rings. The van der Waals surface area contributed by atoms with E-state index in [2.05, 4.69) is 0 Å². The predicted octanol–water partition coefficient (Wildman–Crippen LogP) is 4.98. The maximum Gasteiger partial charge on any atom is 0.417 e. The first-order valence-corrected chi connectivity index (χ1v) is 12.3. The number of ketones is 1. The van der Waals surface area contributed by atoms with E-state index in [-0.39, 0.29) is 19.0 Å². The number of aliphatic hydroxyl groups is 1. The number of cyclic esters (lactones) is 1. The number of imide groups is 1. The van der Waals surface area contributed by atoms with Crippen molar-refractivity contribution in [3.63, 3.8) is 0 Å². The summed E-state index contributed by atoms with van der Waals surface area (Å²) in [5, 5.41) is 9.17. The molecule has 2 amide bonds. The molecule has 1 aromatic heterocycles. The Morgan fingerprint density at radius 2 is 1.86 bits per heavy atom. The van der Waals surface area contributed by atoms with Crippen molar-refractivity contribution in [2.45, 2.75) is 45.6 Å². The third-order valence-corrected chi connectivity index (χ3v) is 6.47. The number of amides is 2. The lowest BCUT2D eigenvalue weighted by molar-refractivity contribution is -0.131. The number of hydrogen-bond donors (Lipinski definition) is 1. The molecular weight excluding hydrogens is 458 g/mol. The van der Waals surface area contributed by atoms with Crippen molar-refractivity contribution in [2.75, 3.05) is 13.2 Å². The number of carbonyl (C=O) groups excluding carboxylic acids is 3. The second kappa shape index (κ2) is 11.4. The smallest absolute Gasteiger partial charge is 0.417 e.